The van der Waals surface area contributed by atoms with Crippen LogP contribution in [0.4, 0.5) is 32.1 Å². The van der Waals surface area contributed by atoms with E-state index >= 15 is 0 Å². The third-order valence-electron chi connectivity index (χ3n) is 3.94. The molecule has 0 unspecified atom stereocenters. The Kier molecular flexibility index (Phi) is 5.10. The molecule has 2 heterocycles. The van der Waals surface area contributed by atoms with Gasteiger partial charge in [-0.2, -0.15) is 0 Å². The van der Waals surface area contributed by atoms with E-state index in [1.54, 1.807) is 41.5 Å². The number of imidazole rings is 1. The van der Waals surface area contributed by atoms with Crippen LogP contribution in [0, 0.1) is 5.82 Å². The second-order valence-electron chi connectivity index (χ2n) is 6.02. The lowest BCUT2D eigenvalue weighted by Gasteiger charge is -2.10. The van der Waals surface area contributed by atoms with Gasteiger partial charge in [-0.15, -0.1) is 0 Å². The van der Waals surface area contributed by atoms with E-state index in [9.17, 15) is 9.18 Å². The predicted octanol–water partition coefficient (Wildman–Crippen LogP) is 4.19. The summed E-state index contributed by atoms with van der Waals surface area (Å²) in [6.45, 7) is 0. The van der Waals surface area contributed by atoms with E-state index < -0.39 is 6.03 Å². The molecule has 0 radical (unpaired) electrons. The molecule has 4 aromatic rings. The molecule has 3 N–H and O–H groups in total. The third kappa shape index (κ3) is 4.72. The van der Waals surface area contributed by atoms with Crippen LogP contribution in [0.15, 0.2) is 79.6 Å². The molecule has 9 heteroatoms. The smallest absolute Gasteiger partial charge is 0.323 e. The maximum Gasteiger partial charge on any atom is 0.323 e. The van der Waals surface area contributed by atoms with E-state index in [0.717, 1.165) is 5.69 Å². The van der Waals surface area contributed by atoms with Gasteiger partial charge in [-0.3, -0.25) is 4.57 Å². The van der Waals surface area contributed by atoms with E-state index in [-0.39, 0.29) is 5.82 Å². The molecule has 29 heavy (non-hydrogen) atoms. The number of nitrogens with one attached hydrogen (secondary N) is 3. The molecule has 0 saturated carbocycles. The van der Waals surface area contributed by atoms with Crippen LogP contribution in [0.5, 0.6) is 0 Å². The molecule has 0 fully saturated rings. The first kappa shape index (κ1) is 18.1. The number of nitrogens with zero attached hydrogens (tertiary/aromatic N) is 4. The van der Waals surface area contributed by atoms with E-state index in [4.69, 9.17) is 0 Å². The van der Waals surface area contributed by atoms with E-state index in [2.05, 4.69) is 30.9 Å². The van der Waals surface area contributed by atoms with Crippen LogP contribution in [0.1, 0.15) is 0 Å². The van der Waals surface area contributed by atoms with Crippen molar-refractivity contribution in [3.8, 4) is 5.82 Å². The molecule has 0 atom stereocenters. The van der Waals surface area contributed by atoms with Gasteiger partial charge in [0.25, 0.3) is 0 Å². The summed E-state index contributed by atoms with van der Waals surface area (Å²) in [5.41, 5.74) is 1.90. The molecular formula is C20H16FN7O. The van der Waals surface area contributed by atoms with Crippen molar-refractivity contribution < 1.29 is 9.18 Å². The van der Waals surface area contributed by atoms with Crippen LogP contribution in [-0.2, 0) is 0 Å². The standard InChI is InChI=1S/C20H16FN7O/c21-14-1-3-16(4-2-14)26-20(29)27-17-7-5-15(6-8-17)25-18-11-19(24-12-23-18)28-10-9-22-13-28/h1-13H,(H,23,24,25)(H2,26,27,29). The molecule has 8 nitrogen and oxygen atoms in total. The van der Waals surface area contributed by atoms with Gasteiger partial charge in [0.15, 0.2) is 0 Å². The minimum absolute atomic E-state index is 0.361. The molecule has 0 aliphatic rings. The SMILES string of the molecule is O=C(Nc1ccc(F)cc1)Nc1ccc(Nc2cc(-n3ccnc3)ncn2)cc1. The Labute approximate surface area is 165 Å². The predicted molar refractivity (Wildman–Crippen MR) is 108 cm³/mol. The summed E-state index contributed by atoms with van der Waals surface area (Å²) in [4.78, 5) is 24.5. The highest BCUT2D eigenvalue weighted by atomic mass is 19.1. The summed E-state index contributed by atoms with van der Waals surface area (Å²) < 4.78 is 14.7. The Morgan fingerprint density at radius 3 is 2.21 bits per heavy atom. The molecular weight excluding hydrogens is 373 g/mol. The largest absolute Gasteiger partial charge is 0.340 e. The topological polar surface area (TPSA) is 96.8 Å². The lowest BCUT2D eigenvalue weighted by Crippen LogP contribution is -2.19. The summed E-state index contributed by atoms with van der Waals surface area (Å²) in [6, 6.07) is 14.0. The van der Waals surface area contributed by atoms with Gasteiger partial charge in [0.05, 0.1) is 0 Å². The van der Waals surface area contributed by atoms with Crippen LogP contribution in [0.3, 0.4) is 0 Å². The first-order chi connectivity index (χ1) is 14.2. The van der Waals surface area contributed by atoms with Gasteiger partial charge in [0.2, 0.25) is 0 Å². The number of hydrogen-bond donors (Lipinski definition) is 3. The number of amides is 2. The van der Waals surface area contributed by atoms with Crippen LogP contribution in [-0.4, -0.2) is 25.6 Å². The molecule has 4 rings (SSSR count). The van der Waals surface area contributed by atoms with Crippen molar-refractivity contribution in [2.45, 2.75) is 0 Å². The van der Waals surface area contributed by atoms with Gasteiger partial charge in [0, 0.05) is 35.5 Å². The molecule has 144 valence electrons. The minimum Gasteiger partial charge on any atom is -0.340 e. The highest BCUT2D eigenvalue weighted by molar-refractivity contribution is 5.99. The molecule has 0 saturated heterocycles. The zero-order valence-corrected chi connectivity index (χ0v) is 15.1. The van der Waals surface area contributed by atoms with Gasteiger partial charge in [-0.05, 0) is 48.5 Å². The van der Waals surface area contributed by atoms with Crippen molar-refractivity contribution in [2.75, 3.05) is 16.0 Å². The summed E-state index contributed by atoms with van der Waals surface area (Å²) in [5.74, 6) is 0.953. The van der Waals surface area contributed by atoms with E-state index in [1.807, 2.05) is 12.1 Å². The Balaban J connectivity index is 1.37. The highest BCUT2D eigenvalue weighted by Crippen LogP contribution is 2.19. The van der Waals surface area contributed by atoms with Gasteiger partial charge in [-0.25, -0.2) is 24.1 Å². The van der Waals surface area contributed by atoms with Crippen LogP contribution in [0.2, 0.25) is 0 Å². The summed E-state index contributed by atoms with van der Waals surface area (Å²) >= 11 is 0. The maximum absolute atomic E-state index is 12.9. The van der Waals surface area contributed by atoms with Crippen molar-refractivity contribution in [1.82, 2.24) is 19.5 Å². The second-order valence-corrected chi connectivity index (χ2v) is 6.02. The monoisotopic (exact) mass is 389 g/mol. The Morgan fingerprint density at radius 1 is 0.897 bits per heavy atom. The van der Waals surface area contributed by atoms with Crippen LogP contribution >= 0.6 is 0 Å². The average Bonchev–Trinajstić information content (AvgIpc) is 3.26. The number of halogens is 1. The quantitative estimate of drug-likeness (QED) is 0.476. The number of benzene rings is 2. The van der Waals surface area contributed by atoms with Gasteiger partial charge in [-0.1, -0.05) is 0 Å². The minimum atomic E-state index is -0.418. The van der Waals surface area contributed by atoms with Gasteiger partial charge in [0.1, 0.15) is 30.1 Å². The molecule has 0 bridgehead atoms. The van der Waals surface area contributed by atoms with Crippen molar-refractivity contribution in [1.29, 1.82) is 0 Å². The number of aromatic nitrogens is 4. The lowest BCUT2D eigenvalue weighted by molar-refractivity contribution is 0.262. The fourth-order valence-corrected chi connectivity index (χ4v) is 2.56. The average molecular weight is 389 g/mol. The number of urea groups is 1. The molecule has 0 aliphatic heterocycles. The lowest BCUT2D eigenvalue weighted by atomic mass is 10.2. The van der Waals surface area contributed by atoms with Crippen LogP contribution in [0.25, 0.3) is 5.82 Å². The fourth-order valence-electron chi connectivity index (χ4n) is 2.56. The Hall–Kier alpha value is -4.27. The number of rotatable bonds is 5. The van der Waals surface area contributed by atoms with Crippen molar-refractivity contribution in [2.24, 2.45) is 0 Å². The first-order valence-electron chi connectivity index (χ1n) is 8.67. The Bertz CT molecular complexity index is 1100. The highest BCUT2D eigenvalue weighted by Gasteiger charge is 2.05. The van der Waals surface area contributed by atoms with Gasteiger partial charge >= 0.3 is 6.03 Å². The summed E-state index contributed by atoms with van der Waals surface area (Å²) in [5, 5.41) is 8.53. The zero-order chi connectivity index (χ0) is 20.1. The number of carbonyl (C=O) groups excluding carboxylic acids is 1. The maximum atomic E-state index is 12.9. The van der Waals surface area contributed by atoms with Gasteiger partial charge < -0.3 is 16.0 Å². The summed E-state index contributed by atoms with van der Waals surface area (Å²) in [6.07, 6.45) is 6.59. The first-order valence-corrected chi connectivity index (χ1v) is 8.67. The second kappa shape index (κ2) is 8.17. The number of hydrogen-bond acceptors (Lipinski definition) is 5. The van der Waals surface area contributed by atoms with E-state index in [1.165, 1.54) is 30.6 Å². The molecule has 2 aromatic carbocycles. The van der Waals surface area contributed by atoms with E-state index in [0.29, 0.717) is 23.0 Å². The molecule has 0 aliphatic carbocycles. The van der Waals surface area contributed by atoms with Crippen molar-refractivity contribution in [3.63, 3.8) is 0 Å². The van der Waals surface area contributed by atoms with Crippen molar-refractivity contribution >= 4 is 28.9 Å². The molecule has 2 aromatic heterocycles. The Morgan fingerprint density at radius 2 is 1.55 bits per heavy atom. The molecule has 0 spiro atoms. The summed E-state index contributed by atoms with van der Waals surface area (Å²) in [7, 11) is 0. The molecule has 2 amide bonds. The normalized spacial score (nSPS) is 10.4. The van der Waals surface area contributed by atoms with Crippen molar-refractivity contribution in [3.05, 3.63) is 85.5 Å². The van der Waals surface area contributed by atoms with Crippen LogP contribution < -0.4 is 16.0 Å². The number of carbonyl (C=O) groups is 1. The fraction of sp³-hybridized carbons (Fsp3) is 0. The zero-order valence-electron chi connectivity index (χ0n) is 15.1. The number of anilines is 4. The third-order valence-corrected chi connectivity index (χ3v) is 3.94.